The summed E-state index contributed by atoms with van der Waals surface area (Å²) in [4.78, 5) is 11.3. The molecule has 2 aromatic carbocycles. The maximum Gasteiger partial charge on any atom is 0.395 e. The summed E-state index contributed by atoms with van der Waals surface area (Å²) in [5.74, 6) is -3.06. The SMILES string of the molecule is COC(=O)c1ccc(Oc2ccc(C(C)C(F)(F)F)cc2)c(F)c1. The number of rotatable bonds is 4. The van der Waals surface area contributed by atoms with Gasteiger partial charge in [0.15, 0.2) is 11.6 Å². The molecule has 0 radical (unpaired) electrons. The summed E-state index contributed by atoms with van der Waals surface area (Å²) in [6.07, 6.45) is -4.34. The van der Waals surface area contributed by atoms with Gasteiger partial charge >= 0.3 is 12.1 Å². The van der Waals surface area contributed by atoms with Crippen LogP contribution in [0.15, 0.2) is 42.5 Å². The Morgan fingerprint density at radius 3 is 2.21 bits per heavy atom. The van der Waals surface area contributed by atoms with E-state index in [0.29, 0.717) is 0 Å². The molecule has 2 aromatic rings. The van der Waals surface area contributed by atoms with Crippen molar-refractivity contribution in [2.24, 2.45) is 0 Å². The second-order valence-corrected chi connectivity index (χ2v) is 5.07. The van der Waals surface area contributed by atoms with Gasteiger partial charge in [-0.15, -0.1) is 0 Å². The van der Waals surface area contributed by atoms with E-state index in [1.165, 1.54) is 43.5 Å². The highest BCUT2D eigenvalue weighted by Crippen LogP contribution is 2.35. The molecule has 3 nitrogen and oxygen atoms in total. The molecule has 0 spiro atoms. The molecule has 0 saturated heterocycles. The Labute approximate surface area is 135 Å². The third-order valence-electron chi connectivity index (χ3n) is 3.45. The zero-order valence-electron chi connectivity index (χ0n) is 12.9. The molecule has 0 saturated carbocycles. The van der Waals surface area contributed by atoms with Gasteiger partial charge in [-0.2, -0.15) is 13.2 Å². The fourth-order valence-corrected chi connectivity index (χ4v) is 1.97. The van der Waals surface area contributed by atoms with Crippen LogP contribution < -0.4 is 4.74 Å². The van der Waals surface area contributed by atoms with E-state index in [0.717, 1.165) is 13.0 Å². The van der Waals surface area contributed by atoms with Crippen LogP contribution in [-0.2, 0) is 4.74 Å². The Morgan fingerprint density at radius 2 is 1.71 bits per heavy atom. The predicted octanol–water partition coefficient (Wildman–Crippen LogP) is 5.07. The first-order valence-corrected chi connectivity index (χ1v) is 6.94. The average Bonchev–Trinajstić information content (AvgIpc) is 2.55. The molecule has 7 heteroatoms. The van der Waals surface area contributed by atoms with Gasteiger partial charge in [-0.1, -0.05) is 12.1 Å². The molecule has 0 amide bonds. The summed E-state index contributed by atoms with van der Waals surface area (Å²) >= 11 is 0. The lowest BCUT2D eigenvalue weighted by molar-refractivity contribution is -0.146. The van der Waals surface area contributed by atoms with Crippen molar-refractivity contribution in [2.75, 3.05) is 7.11 Å². The smallest absolute Gasteiger partial charge is 0.395 e. The molecule has 24 heavy (non-hydrogen) atoms. The van der Waals surface area contributed by atoms with Gasteiger partial charge in [0.2, 0.25) is 0 Å². The molecule has 128 valence electrons. The van der Waals surface area contributed by atoms with Crippen LogP contribution in [0.25, 0.3) is 0 Å². The monoisotopic (exact) mass is 342 g/mol. The van der Waals surface area contributed by atoms with E-state index >= 15 is 0 Å². The van der Waals surface area contributed by atoms with Crippen LogP contribution in [0.5, 0.6) is 11.5 Å². The zero-order valence-corrected chi connectivity index (χ0v) is 12.9. The molecule has 1 unspecified atom stereocenters. The van der Waals surface area contributed by atoms with E-state index in [1.54, 1.807) is 0 Å². The van der Waals surface area contributed by atoms with Crippen LogP contribution in [0.2, 0.25) is 0 Å². The highest BCUT2D eigenvalue weighted by Gasteiger charge is 2.36. The van der Waals surface area contributed by atoms with Crippen LogP contribution in [0, 0.1) is 5.82 Å². The number of benzene rings is 2. The molecule has 0 bridgehead atoms. The summed E-state index contributed by atoms with van der Waals surface area (Å²) in [6, 6.07) is 8.72. The Hall–Kier alpha value is -2.57. The minimum absolute atomic E-state index is 0.0247. The largest absolute Gasteiger partial charge is 0.465 e. The van der Waals surface area contributed by atoms with Crippen molar-refractivity contribution in [3.05, 3.63) is 59.4 Å². The standard InChI is InChI=1S/C17H14F4O3/c1-10(17(19,20)21)11-3-6-13(7-4-11)24-15-8-5-12(9-14(15)18)16(22)23-2/h3-10H,1-2H3. The number of hydrogen-bond donors (Lipinski definition) is 0. The number of carbonyl (C=O) groups is 1. The summed E-state index contributed by atoms with van der Waals surface area (Å²) in [5, 5.41) is 0. The summed E-state index contributed by atoms with van der Waals surface area (Å²) in [7, 11) is 1.17. The quantitative estimate of drug-likeness (QED) is 0.575. The molecule has 0 aromatic heterocycles. The minimum Gasteiger partial charge on any atom is -0.465 e. The van der Waals surface area contributed by atoms with Crippen LogP contribution in [-0.4, -0.2) is 19.3 Å². The van der Waals surface area contributed by atoms with Crippen LogP contribution >= 0.6 is 0 Å². The van der Waals surface area contributed by atoms with E-state index < -0.39 is 23.9 Å². The van der Waals surface area contributed by atoms with E-state index in [4.69, 9.17) is 4.74 Å². The Balaban J connectivity index is 2.16. The van der Waals surface area contributed by atoms with Gasteiger partial charge in [-0.25, -0.2) is 9.18 Å². The molecule has 0 aliphatic rings. The third kappa shape index (κ3) is 4.04. The predicted molar refractivity (Wildman–Crippen MR) is 78.7 cm³/mol. The molecule has 0 N–H and O–H groups in total. The molecule has 0 heterocycles. The van der Waals surface area contributed by atoms with Gasteiger partial charge in [0, 0.05) is 0 Å². The van der Waals surface area contributed by atoms with Gasteiger partial charge in [0.25, 0.3) is 0 Å². The van der Waals surface area contributed by atoms with Crippen molar-refractivity contribution < 1.29 is 31.8 Å². The molecule has 1 atom stereocenters. The van der Waals surface area contributed by atoms with Crippen molar-refractivity contribution in [3.8, 4) is 11.5 Å². The first kappa shape index (κ1) is 17.8. The third-order valence-corrected chi connectivity index (χ3v) is 3.45. The molecular weight excluding hydrogens is 328 g/mol. The number of hydrogen-bond acceptors (Lipinski definition) is 3. The summed E-state index contributed by atoms with van der Waals surface area (Å²) < 4.78 is 61.6. The van der Waals surface area contributed by atoms with Crippen molar-refractivity contribution >= 4 is 5.97 Å². The van der Waals surface area contributed by atoms with Crippen molar-refractivity contribution in [1.29, 1.82) is 0 Å². The average molecular weight is 342 g/mol. The normalized spacial score (nSPS) is 12.6. The lowest BCUT2D eigenvalue weighted by atomic mass is 10.0. The van der Waals surface area contributed by atoms with Gasteiger partial charge in [0.1, 0.15) is 5.75 Å². The van der Waals surface area contributed by atoms with Gasteiger partial charge in [-0.3, -0.25) is 0 Å². The number of ether oxygens (including phenoxy) is 2. The lowest BCUT2D eigenvalue weighted by Gasteiger charge is -2.16. The Bertz CT molecular complexity index is 724. The Kier molecular flexibility index (Phi) is 5.11. The minimum atomic E-state index is -4.34. The second-order valence-electron chi connectivity index (χ2n) is 5.07. The van der Waals surface area contributed by atoms with Crippen LogP contribution in [0.4, 0.5) is 17.6 Å². The lowest BCUT2D eigenvalue weighted by Crippen LogP contribution is -2.17. The second kappa shape index (κ2) is 6.90. The maximum atomic E-state index is 13.9. The molecular formula is C17H14F4O3. The maximum absolute atomic E-state index is 13.9. The first-order valence-electron chi connectivity index (χ1n) is 6.94. The van der Waals surface area contributed by atoms with Gasteiger partial charge in [0.05, 0.1) is 18.6 Å². The van der Waals surface area contributed by atoms with Crippen LogP contribution in [0.3, 0.4) is 0 Å². The van der Waals surface area contributed by atoms with E-state index in [9.17, 15) is 22.4 Å². The molecule has 2 rings (SSSR count). The van der Waals surface area contributed by atoms with Gasteiger partial charge in [-0.05, 0) is 42.8 Å². The number of halogens is 4. The number of esters is 1. The van der Waals surface area contributed by atoms with Crippen molar-refractivity contribution in [1.82, 2.24) is 0 Å². The fourth-order valence-electron chi connectivity index (χ4n) is 1.97. The fraction of sp³-hybridized carbons (Fsp3) is 0.235. The molecule has 0 aliphatic carbocycles. The molecule has 0 aliphatic heterocycles. The Morgan fingerprint density at radius 1 is 1.08 bits per heavy atom. The summed E-state index contributed by atoms with van der Waals surface area (Å²) in [6.45, 7) is 1.06. The highest BCUT2D eigenvalue weighted by molar-refractivity contribution is 5.89. The number of methoxy groups -OCH3 is 1. The van der Waals surface area contributed by atoms with Crippen molar-refractivity contribution in [2.45, 2.75) is 19.0 Å². The van der Waals surface area contributed by atoms with E-state index in [2.05, 4.69) is 4.74 Å². The van der Waals surface area contributed by atoms with Crippen molar-refractivity contribution in [3.63, 3.8) is 0 Å². The van der Waals surface area contributed by atoms with Crippen LogP contribution in [0.1, 0.15) is 28.8 Å². The van der Waals surface area contributed by atoms with Gasteiger partial charge < -0.3 is 9.47 Å². The highest BCUT2D eigenvalue weighted by atomic mass is 19.4. The van der Waals surface area contributed by atoms with E-state index in [1.807, 2.05) is 0 Å². The first-order chi connectivity index (χ1) is 11.2. The molecule has 0 fully saturated rings. The van der Waals surface area contributed by atoms with E-state index in [-0.39, 0.29) is 22.6 Å². The number of carbonyl (C=O) groups excluding carboxylic acids is 1. The number of alkyl halides is 3. The summed E-state index contributed by atoms with van der Waals surface area (Å²) in [5.41, 5.74) is 0.105. The zero-order chi connectivity index (χ0) is 17.9. The topological polar surface area (TPSA) is 35.5 Å².